The van der Waals surface area contributed by atoms with Crippen LogP contribution < -0.4 is 14.4 Å². The number of halogens is 2. The van der Waals surface area contributed by atoms with Gasteiger partial charge in [-0.25, -0.2) is 9.97 Å². The second-order valence-corrected chi connectivity index (χ2v) is 8.56. The molecule has 3 heterocycles. The van der Waals surface area contributed by atoms with Gasteiger partial charge in [0.05, 0.1) is 16.5 Å². The number of aryl methyl sites for hydroxylation is 1. The van der Waals surface area contributed by atoms with Gasteiger partial charge in [0.15, 0.2) is 16.6 Å². The lowest BCUT2D eigenvalue weighted by Gasteiger charge is -2.29. The van der Waals surface area contributed by atoms with Crippen molar-refractivity contribution >= 4 is 56.6 Å². The molecule has 0 bridgehead atoms. The van der Waals surface area contributed by atoms with Crippen molar-refractivity contribution in [2.24, 2.45) is 0 Å². The first-order chi connectivity index (χ1) is 15.2. The second-order valence-electron chi connectivity index (χ2n) is 7.12. The third-order valence-electron chi connectivity index (χ3n) is 4.98. The number of hydrogen-bond acceptors (Lipinski definition) is 6. The van der Waals surface area contributed by atoms with Crippen LogP contribution in [0, 0.1) is 0 Å². The van der Waals surface area contributed by atoms with Gasteiger partial charge in [0, 0.05) is 30.5 Å². The van der Waals surface area contributed by atoms with Crippen molar-refractivity contribution < 1.29 is 14.3 Å². The first-order valence-corrected chi connectivity index (χ1v) is 11.1. The summed E-state index contributed by atoms with van der Waals surface area (Å²) in [5, 5.41) is 1.26. The zero-order chi connectivity index (χ0) is 21.2. The lowest BCUT2D eigenvalue weighted by Crippen LogP contribution is -2.47. The van der Waals surface area contributed by atoms with Gasteiger partial charge in [0.25, 0.3) is 5.91 Å². The Hall–Kier alpha value is -2.81. The van der Waals surface area contributed by atoms with E-state index in [0.29, 0.717) is 28.2 Å². The number of fused-ring (bicyclic) bond motifs is 2. The van der Waals surface area contributed by atoms with Crippen LogP contribution in [0.4, 0.5) is 5.13 Å². The Morgan fingerprint density at radius 1 is 1.25 bits per heavy atom. The number of carbonyl (C=O) groups is 1. The van der Waals surface area contributed by atoms with E-state index in [9.17, 15) is 4.79 Å². The number of anilines is 1. The highest BCUT2D eigenvalue weighted by Gasteiger charge is 2.33. The number of amides is 1. The maximum Gasteiger partial charge on any atom is 0.273 e. The Kier molecular flexibility index (Phi) is 6.83. The number of rotatable bonds is 6. The molecule has 166 valence electrons. The highest BCUT2D eigenvalue weighted by Crippen LogP contribution is 2.34. The number of imidazole rings is 1. The minimum absolute atomic E-state index is 0. The highest BCUT2D eigenvalue weighted by atomic mass is 35.5. The van der Waals surface area contributed by atoms with Crippen LogP contribution in [0.5, 0.6) is 11.5 Å². The zero-order valence-electron chi connectivity index (χ0n) is 16.9. The van der Waals surface area contributed by atoms with Gasteiger partial charge in [-0.2, -0.15) is 0 Å². The average Bonchev–Trinajstić information content (AvgIpc) is 3.45. The number of hydrogen-bond donors (Lipinski definition) is 0. The summed E-state index contributed by atoms with van der Waals surface area (Å²) in [4.78, 5) is 23.9. The molecule has 1 atom stereocenters. The van der Waals surface area contributed by atoms with Gasteiger partial charge in [-0.1, -0.05) is 35.1 Å². The van der Waals surface area contributed by atoms with Crippen molar-refractivity contribution in [2.45, 2.75) is 19.1 Å². The molecule has 0 saturated heterocycles. The monoisotopic (exact) mass is 490 g/mol. The summed E-state index contributed by atoms with van der Waals surface area (Å²) in [5.41, 5.74) is 0.808. The van der Waals surface area contributed by atoms with Crippen LogP contribution in [0.25, 0.3) is 10.2 Å². The summed E-state index contributed by atoms with van der Waals surface area (Å²) < 4.78 is 14.6. The second kappa shape index (κ2) is 9.77. The molecule has 10 heteroatoms. The first kappa shape index (κ1) is 22.4. The van der Waals surface area contributed by atoms with Gasteiger partial charge in [-0.3, -0.25) is 9.69 Å². The quantitative estimate of drug-likeness (QED) is 0.387. The molecule has 0 radical (unpaired) electrons. The summed E-state index contributed by atoms with van der Waals surface area (Å²) in [6.07, 6.45) is 5.41. The van der Waals surface area contributed by atoms with Gasteiger partial charge < -0.3 is 14.0 Å². The Balaban J connectivity index is 0.00000245. The van der Waals surface area contributed by atoms with Crippen LogP contribution in [-0.4, -0.2) is 39.7 Å². The number of para-hydroxylation sites is 2. The van der Waals surface area contributed by atoms with Crippen molar-refractivity contribution in [1.29, 1.82) is 0 Å². The van der Waals surface area contributed by atoms with E-state index in [4.69, 9.17) is 21.1 Å². The Morgan fingerprint density at radius 2 is 2.09 bits per heavy atom. The van der Waals surface area contributed by atoms with Gasteiger partial charge in [-0.15, -0.1) is 12.4 Å². The molecule has 1 aliphatic rings. The smallest absolute Gasteiger partial charge is 0.273 e. The van der Waals surface area contributed by atoms with Crippen LogP contribution in [0.1, 0.15) is 6.42 Å². The summed E-state index contributed by atoms with van der Waals surface area (Å²) in [7, 11) is 0. The Bertz CT molecular complexity index is 1220. The maximum absolute atomic E-state index is 13.5. The first-order valence-electron chi connectivity index (χ1n) is 9.89. The fourth-order valence-corrected chi connectivity index (χ4v) is 4.72. The molecule has 0 saturated carbocycles. The summed E-state index contributed by atoms with van der Waals surface area (Å²) in [5.74, 6) is 1.04. The van der Waals surface area contributed by atoms with E-state index < -0.39 is 6.10 Å². The van der Waals surface area contributed by atoms with Crippen molar-refractivity contribution in [3.63, 3.8) is 0 Å². The molecule has 1 unspecified atom stereocenters. The normalized spacial score (nSPS) is 14.7. The number of thiazole rings is 1. The zero-order valence-corrected chi connectivity index (χ0v) is 19.3. The minimum Gasteiger partial charge on any atom is -0.485 e. The number of aromatic nitrogens is 3. The van der Waals surface area contributed by atoms with E-state index in [0.717, 1.165) is 23.2 Å². The standard InChI is InChI=1S/C22H19ClN4O3S.ClH/c23-15-6-7-16-20(12-15)31-22(25-16)27(10-3-9-26-11-8-24-14-26)21(28)19-13-29-17-4-1-2-5-18(17)30-19;/h1-2,4-8,11-12,14,19H,3,9-10,13H2;1H. The number of benzene rings is 2. The van der Waals surface area contributed by atoms with Gasteiger partial charge >= 0.3 is 0 Å². The van der Waals surface area contributed by atoms with E-state index in [1.165, 1.54) is 11.3 Å². The molecule has 0 N–H and O–H groups in total. The van der Waals surface area contributed by atoms with Crippen LogP contribution in [0.15, 0.2) is 61.2 Å². The molecule has 7 nitrogen and oxygen atoms in total. The van der Waals surface area contributed by atoms with Gasteiger partial charge in [0.1, 0.15) is 6.61 Å². The largest absolute Gasteiger partial charge is 0.485 e. The lowest BCUT2D eigenvalue weighted by atomic mass is 10.2. The molecule has 5 rings (SSSR count). The number of nitrogens with zero attached hydrogens (tertiary/aromatic N) is 4. The van der Waals surface area contributed by atoms with Gasteiger partial charge in [-0.05, 0) is 36.8 Å². The van der Waals surface area contributed by atoms with E-state index >= 15 is 0 Å². The van der Waals surface area contributed by atoms with E-state index in [1.54, 1.807) is 29.6 Å². The molecule has 32 heavy (non-hydrogen) atoms. The number of ether oxygens (including phenoxy) is 2. The highest BCUT2D eigenvalue weighted by molar-refractivity contribution is 7.22. The van der Waals surface area contributed by atoms with Crippen LogP contribution in [-0.2, 0) is 11.3 Å². The average molecular weight is 491 g/mol. The molecule has 1 amide bonds. The van der Waals surface area contributed by atoms with Crippen LogP contribution >= 0.6 is 35.3 Å². The molecular formula is C22H20Cl2N4O3S. The molecule has 0 aliphatic carbocycles. The van der Waals surface area contributed by atoms with E-state index in [2.05, 4.69) is 9.97 Å². The fourth-order valence-electron chi connectivity index (χ4n) is 3.45. The predicted octanol–water partition coefficient (Wildman–Crippen LogP) is 4.83. The molecule has 4 aromatic rings. The summed E-state index contributed by atoms with van der Waals surface area (Å²) in [6, 6.07) is 12.9. The van der Waals surface area contributed by atoms with Crippen molar-refractivity contribution in [1.82, 2.24) is 14.5 Å². The van der Waals surface area contributed by atoms with Crippen molar-refractivity contribution in [2.75, 3.05) is 18.1 Å². The molecule has 0 fully saturated rings. The molecule has 0 spiro atoms. The van der Waals surface area contributed by atoms with E-state index in [-0.39, 0.29) is 24.9 Å². The molecular weight excluding hydrogens is 471 g/mol. The number of carbonyl (C=O) groups excluding carboxylic acids is 1. The Labute approximate surface area is 200 Å². The third kappa shape index (κ3) is 4.67. The van der Waals surface area contributed by atoms with E-state index in [1.807, 2.05) is 41.1 Å². The molecule has 1 aliphatic heterocycles. The van der Waals surface area contributed by atoms with Crippen LogP contribution in [0.2, 0.25) is 5.02 Å². The van der Waals surface area contributed by atoms with Gasteiger partial charge in [0.2, 0.25) is 6.10 Å². The topological polar surface area (TPSA) is 69.5 Å². The predicted molar refractivity (Wildman–Crippen MR) is 127 cm³/mol. The summed E-state index contributed by atoms with van der Waals surface area (Å²) in [6.45, 7) is 1.39. The Morgan fingerprint density at radius 3 is 2.91 bits per heavy atom. The van der Waals surface area contributed by atoms with Crippen LogP contribution in [0.3, 0.4) is 0 Å². The fraction of sp³-hybridized carbons (Fsp3) is 0.227. The molecule has 2 aromatic carbocycles. The minimum atomic E-state index is -0.737. The molecule has 2 aromatic heterocycles. The third-order valence-corrected chi connectivity index (χ3v) is 6.25. The maximum atomic E-state index is 13.5. The lowest BCUT2D eigenvalue weighted by molar-refractivity contribution is -0.127. The SMILES string of the molecule is Cl.O=C(C1COc2ccccc2O1)N(CCCn1ccnc1)c1nc2ccc(Cl)cc2s1. The van der Waals surface area contributed by atoms with Crippen molar-refractivity contribution in [3.8, 4) is 11.5 Å². The summed E-state index contributed by atoms with van der Waals surface area (Å²) >= 11 is 7.57. The van der Waals surface area contributed by atoms with Crippen molar-refractivity contribution in [3.05, 3.63) is 66.2 Å².